The Kier molecular flexibility index (Phi) is 4.99. The van der Waals surface area contributed by atoms with Gasteiger partial charge in [-0.05, 0) is 43.9 Å². The number of rotatable bonds is 5. The molecule has 17 heavy (non-hydrogen) atoms. The highest BCUT2D eigenvalue weighted by molar-refractivity contribution is 5.43. The summed E-state index contributed by atoms with van der Waals surface area (Å²) in [5, 5.41) is 11.8. The third kappa shape index (κ3) is 3.76. The van der Waals surface area contributed by atoms with Crippen LogP contribution in [0.15, 0.2) is 12.1 Å². The molecular weight excluding hydrogens is 212 g/mol. The van der Waals surface area contributed by atoms with E-state index in [1.54, 1.807) is 7.11 Å². The molecule has 0 bridgehead atoms. The molecule has 0 spiro atoms. The molecule has 0 radical (unpaired) electrons. The number of nitrogens with zero attached hydrogens (tertiary/aromatic N) is 1. The fraction of sp³-hybridized carbons (Fsp3) is 0.500. The smallest absolute Gasteiger partial charge is 0.124 e. The normalized spacial score (nSPS) is 11.9. The Balaban J connectivity index is 2.65. The largest absolute Gasteiger partial charge is 0.496 e. The molecule has 0 aliphatic rings. The second-order valence-electron chi connectivity index (χ2n) is 4.32. The molecule has 0 aliphatic carbocycles. The quantitative estimate of drug-likeness (QED) is 0.847. The van der Waals surface area contributed by atoms with Gasteiger partial charge in [0, 0.05) is 6.54 Å². The molecular formula is C14H20N2O. The van der Waals surface area contributed by atoms with Gasteiger partial charge in [0.25, 0.3) is 0 Å². The average Bonchev–Trinajstić information content (AvgIpc) is 2.28. The maximum absolute atomic E-state index is 8.66. The number of ether oxygens (including phenoxy) is 1. The van der Waals surface area contributed by atoms with E-state index in [4.69, 9.17) is 10.00 Å². The van der Waals surface area contributed by atoms with Gasteiger partial charge in [-0.1, -0.05) is 12.1 Å². The van der Waals surface area contributed by atoms with Crippen molar-refractivity contribution in [3.05, 3.63) is 28.8 Å². The molecule has 1 unspecified atom stereocenters. The van der Waals surface area contributed by atoms with E-state index in [2.05, 4.69) is 37.4 Å². The number of hydrogen-bond donors (Lipinski definition) is 1. The van der Waals surface area contributed by atoms with Crippen molar-refractivity contribution >= 4 is 0 Å². The van der Waals surface area contributed by atoms with Crippen molar-refractivity contribution in [1.82, 2.24) is 5.32 Å². The summed E-state index contributed by atoms with van der Waals surface area (Å²) in [5.74, 6) is 0.965. The van der Waals surface area contributed by atoms with E-state index in [1.165, 1.54) is 5.56 Å². The van der Waals surface area contributed by atoms with Gasteiger partial charge in [0.15, 0.2) is 0 Å². The number of hydrogen-bond acceptors (Lipinski definition) is 3. The van der Waals surface area contributed by atoms with E-state index >= 15 is 0 Å². The SMILES string of the molecule is COc1c(C)cc(CCNC(C)C#N)cc1C. The maximum Gasteiger partial charge on any atom is 0.124 e. The Morgan fingerprint density at radius 1 is 1.35 bits per heavy atom. The van der Waals surface area contributed by atoms with E-state index in [-0.39, 0.29) is 6.04 Å². The van der Waals surface area contributed by atoms with E-state index < -0.39 is 0 Å². The highest BCUT2D eigenvalue weighted by Gasteiger charge is 2.05. The first kappa shape index (κ1) is 13.5. The molecule has 3 heteroatoms. The highest BCUT2D eigenvalue weighted by atomic mass is 16.5. The Labute approximate surface area is 103 Å². The third-order valence-corrected chi connectivity index (χ3v) is 2.78. The molecule has 3 nitrogen and oxygen atoms in total. The Morgan fingerprint density at radius 2 is 1.94 bits per heavy atom. The number of benzene rings is 1. The second kappa shape index (κ2) is 6.27. The molecule has 1 aromatic carbocycles. The van der Waals surface area contributed by atoms with Crippen LogP contribution in [0.2, 0.25) is 0 Å². The zero-order valence-corrected chi connectivity index (χ0v) is 11.0. The molecule has 1 atom stereocenters. The summed E-state index contributed by atoms with van der Waals surface area (Å²) in [6.45, 7) is 6.80. The highest BCUT2D eigenvalue weighted by Crippen LogP contribution is 2.24. The van der Waals surface area contributed by atoms with Gasteiger partial charge in [-0.2, -0.15) is 5.26 Å². The van der Waals surface area contributed by atoms with Crippen molar-refractivity contribution in [2.75, 3.05) is 13.7 Å². The van der Waals surface area contributed by atoms with Crippen LogP contribution in [0.1, 0.15) is 23.6 Å². The van der Waals surface area contributed by atoms with Gasteiger partial charge in [0.2, 0.25) is 0 Å². The van der Waals surface area contributed by atoms with Crippen LogP contribution in [0.4, 0.5) is 0 Å². The van der Waals surface area contributed by atoms with Crippen LogP contribution in [-0.2, 0) is 6.42 Å². The summed E-state index contributed by atoms with van der Waals surface area (Å²) < 4.78 is 5.33. The van der Waals surface area contributed by atoms with Gasteiger partial charge in [0.05, 0.1) is 19.2 Å². The third-order valence-electron chi connectivity index (χ3n) is 2.78. The van der Waals surface area contributed by atoms with Gasteiger partial charge in [-0.3, -0.25) is 0 Å². The fourth-order valence-corrected chi connectivity index (χ4v) is 1.98. The van der Waals surface area contributed by atoms with E-state index in [0.29, 0.717) is 0 Å². The van der Waals surface area contributed by atoms with Crippen molar-refractivity contribution in [1.29, 1.82) is 5.26 Å². The minimum absolute atomic E-state index is 0.0876. The van der Waals surface area contributed by atoms with Gasteiger partial charge < -0.3 is 10.1 Å². The summed E-state index contributed by atoms with van der Waals surface area (Å²) in [6.07, 6.45) is 0.928. The summed E-state index contributed by atoms with van der Waals surface area (Å²) in [6, 6.07) is 6.36. The number of nitrogens with one attached hydrogen (secondary N) is 1. The monoisotopic (exact) mass is 232 g/mol. The molecule has 0 fully saturated rings. The van der Waals surface area contributed by atoms with Crippen LogP contribution < -0.4 is 10.1 Å². The molecule has 0 saturated heterocycles. The lowest BCUT2D eigenvalue weighted by molar-refractivity contribution is 0.408. The Hall–Kier alpha value is -1.53. The first-order valence-corrected chi connectivity index (χ1v) is 5.85. The molecule has 92 valence electrons. The van der Waals surface area contributed by atoms with Crippen LogP contribution in [0.3, 0.4) is 0 Å². The molecule has 1 rings (SSSR count). The summed E-state index contributed by atoms with van der Waals surface area (Å²) >= 11 is 0. The minimum Gasteiger partial charge on any atom is -0.496 e. The van der Waals surface area contributed by atoms with Crippen molar-refractivity contribution in [3.63, 3.8) is 0 Å². The van der Waals surface area contributed by atoms with Gasteiger partial charge in [0.1, 0.15) is 5.75 Å². The molecule has 0 amide bonds. The molecule has 0 aliphatic heterocycles. The molecule has 1 N–H and O–H groups in total. The fourth-order valence-electron chi connectivity index (χ4n) is 1.98. The van der Waals surface area contributed by atoms with Crippen molar-refractivity contribution < 1.29 is 4.74 Å². The Morgan fingerprint density at radius 3 is 2.41 bits per heavy atom. The standard InChI is InChI=1S/C14H20N2O/c1-10-7-13(5-6-16-12(3)9-15)8-11(2)14(10)17-4/h7-8,12,16H,5-6H2,1-4H3. The molecule has 0 saturated carbocycles. The van der Waals surface area contributed by atoms with E-state index in [1.807, 2.05) is 6.92 Å². The molecule has 0 aromatic heterocycles. The van der Waals surface area contributed by atoms with E-state index in [0.717, 1.165) is 29.8 Å². The van der Waals surface area contributed by atoms with Crippen LogP contribution >= 0.6 is 0 Å². The molecule has 1 aromatic rings. The predicted molar refractivity (Wildman–Crippen MR) is 69.2 cm³/mol. The summed E-state index contributed by atoms with van der Waals surface area (Å²) in [7, 11) is 1.70. The van der Waals surface area contributed by atoms with E-state index in [9.17, 15) is 0 Å². The average molecular weight is 232 g/mol. The topological polar surface area (TPSA) is 45.0 Å². The minimum atomic E-state index is -0.0876. The lowest BCUT2D eigenvalue weighted by Gasteiger charge is -2.12. The summed E-state index contributed by atoms with van der Waals surface area (Å²) in [4.78, 5) is 0. The lowest BCUT2D eigenvalue weighted by Crippen LogP contribution is -2.26. The number of aryl methyl sites for hydroxylation is 2. The zero-order chi connectivity index (χ0) is 12.8. The first-order chi connectivity index (χ1) is 8.08. The first-order valence-electron chi connectivity index (χ1n) is 5.85. The van der Waals surface area contributed by atoms with Crippen molar-refractivity contribution in [2.45, 2.75) is 33.2 Å². The van der Waals surface area contributed by atoms with Gasteiger partial charge in [-0.25, -0.2) is 0 Å². The Bertz CT molecular complexity index is 398. The summed E-state index contributed by atoms with van der Waals surface area (Å²) in [5.41, 5.74) is 3.60. The zero-order valence-electron chi connectivity index (χ0n) is 11.0. The van der Waals surface area contributed by atoms with Crippen LogP contribution in [0.5, 0.6) is 5.75 Å². The van der Waals surface area contributed by atoms with Gasteiger partial charge in [-0.15, -0.1) is 0 Å². The van der Waals surface area contributed by atoms with Crippen LogP contribution in [0, 0.1) is 25.2 Å². The maximum atomic E-state index is 8.66. The van der Waals surface area contributed by atoms with Gasteiger partial charge >= 0.3 is 0 Å². The number of methoxy groups -OCH3 is 1. The second-order valence-corrected chi connectivity index (χ2v) is 4.32. The van der Waals surface area contributed by atoms with Crippen molar-refractivity contribution in [2.24, 2.45) is 0 Å². The molecule has 0 heterocycles. The van der Waals surface area contributed by atoms with Crippen molar-refractivity contribution in [3.8, 4) is 11.8 Å². The van der Waals surface area contributed by atoms with Crippen LogP contribution in [0.25, 0.3) is 0 Å². The predicted octanol–water partition coefficient (Wildman–Crippen LogP) is 2.36. The lowest BCUT2D eigenvalue weighted by atomic mass is 10.0. The number of nitriles is 1. The van der Waals surface area contributed by atoms with Crippen LogP contribution in [-0.4, -0.2) is 19.7 Å².